The highest BCUT2D eigenvalue weighted by molar-refractivity contribution is 5.89. The van der Waals surface area contributed by atoms with Crippen molar-refractivity contribution in [2.45, 2.75) is 12.3 Å². The second-order valence-corrected chi connectivity index (χ2v) is 6.94. The Morgan fingerprint density at radius 2 is 1.85 bits per heavy atom. The van der Waals surface area contributed by atoms with Gasteiger partial charge in [0.1, 0.15) is 5.82 Å². The second kappa shape index (κ2) is 6.87. The molecule has 1 fully saturated rings. The normalized spacial score (nSPS) is 19.5. The maximum absolute atomic E-state index is 13.2. The maximum atomic E-state index is 13.2. The number of carbonyl (C=O) groups is 2. The van der Waals surface area contributed by atoms with Crippen LogP contribution in [-0.4, -0.2) is 40.0 Å². The molecule has 3 aromatic rings. The summed E-state index contributed by atoms with van der Waals surface area (Å²) in [6.07, 6.45) is 2.04. The summed E-state index contributed by atoms with van der Waals surface area (Å²) in [5.74, 6) is -2.43. The topological polar surface area (TPSA) is 73.4 Å². The average molecular weight is 366 g/mol. The van der Waals surface area contributed by atoms with Crippen molar-refractivity contribution in [3.05, 3.63) is 71.7 Å². The third kappa shape index (κ3) is 3.30. The number of likely N-dealkylation sites (tertiary alicyclic amines) is 1. The van der Waals surface area contributed by atoms with Crippen LogP contribution in [0, 0.1) is 11.7 Å². The molecule has 1 aromatic heterocycles. The molecule has 0 bridgehead atoms. The standard InChI is InChI=1S/C21H19FN2O3/c22-15-7-5-13(6-8-15)17-11-24(12-18(17)21(26)27)20(25)9-14-10-23-19-4-2-1-3-16(14)19/h1-8,10,17-18,23H,9,11-12H2,(H,26,27)/t17-,18+/m0/s1. The van der Waals surface area contributed by atoms with E-state index in [1.165, 1.54) is 12.1 Å². The number of rotatable bonds is 4. The first-order valence-corrected chi connectivity index (χ1v) is 8.84. The molecule has 1 saturated heterocycles. The molecule has 0 radical (unpaired) electrons. The van der Waals surface area contributed by atoms with Crippen LogP contribution in [0.3, 0.4) is 0 Å². The fourth-order valence-electron chi connectivity index (χ4n) is 3.86. The number of amides is 1. The van der Waals surface area contributed by atoms with Gasteiger partial charge >= 0.3 is 5.97 Å². The Labute approximate surface area is 155 Å². The fourth-order valence-corrected chi connectivity index (χ4v) is 3.86. The van der Waals surface area contributed by atoms with E-state index in [0.717, 1.165) is 22.0 Å². The Bertz CT molecular complexity index is 996. The van der Waals surface area contributed by atoms with Gasteiger partial charge < -0.3 is 15.0 Å². The average Bonchev–Trinajstić information content (AvgIpc) is 3.28. The zero-order valence-corrected chi connectivity index (χ0v) is 14.6. The lowest BCUT2D eigenvalue weighted by Gasteiger charge is -2.16. The van der Waals surface area contributed by atoms with Gasteiger partial charge in [0.2, 0.25) is 5.91 Å². The van der Waals surface area contributed by atoms with Gasteiger partial charge in [0.05, 0.1) is 12.3 Å². The van der Waals surface area contributed by atoms with E-state index in [1.54, 1.807) is 17.0 Å². The van der Waals surface area contributed by atoms with Gasteiger partial charge in [-0.25, -0.2) is 4.39 Å². The van der Waals surface area contributed by atoms with Gasteiger partial charge in [0.15, 0.2) is 0 Å². The first-order valence-electron chi connectivity index (χ1n) is 8.84. The van der Waals surface area contributed by atoms with E-state index >= 15 is 0 Å². The molecule has 1 aliphatic rings. The van der Waals surface area contributed by atoms with Crippen LogP contribution >= 0.6 is 0 Å². The van der Waals surface area contributed by atoms with Crippen molar-refractivity contribution in [2.24, 2.45) is 5.92 Å². The third-order valence-corrected chi connectivity index (χ3v) is 5.30. The Morgan fingerprint density at radius 3 is 2.59 bits per heavy atom. The molecule has 6 heteroatoms. The minimum Gasteiger partial charge on any atom is -0.481 e. The van der Waals surface area contributed by atoms with Crippen molar-refractivity contribution >= 4 is 22.8 Å². The zero-order valence-electron chi connectivity index (χ0n) is 14.6. The molecule has 27 heavy (non-hydrogen) atoms. The van der Waals surface area contributed by atoms with Crippen LogP contribution in [0.4, 0.5) is 4.39 Å². The molecule has 2 aromatic carbocycles. The lowest BCUT2D eigenvalue weighted by molar-refractivity contribution is -0.141. The molecule has 1 amide bonds. The number of hydrogen-bond donors (Lipinski definition) is 2. The van der Waals surface area contributed by atoms with Crippen LogP contribution in [-0.2, 0) is 16.0 Å². The minimum atomic E-state index is -0.938. The molecule has 5 nitrogen and oxygen atoms in total. The highest BCUT2D eigenvalue weighted by Crippen LogP contribution is 2.33. The Balaban J connectivity index is 1.54. The van der Waals surface area contributed by atoms with Gasteiger partial charge in [-0.2, -0.15) is 0 Å². The monoisotopic (exact) mass is 366 g/mol. The van der Waals surface area contributed by atoms with Gasteiger partial charge in [-0.15, -0.1) is 0 Å². The number of halogens is 1. The second-order valence-electron chi connectivity index (χ2n) is 6.94. The number of carboxylic acid groups (broad SMARTS) is 1. The lowest BCUT2D eigenvalue weighted by Crippen LogP contribution is -2.31. The van der Waals surface area contributed by atoms with Crippen LogP contribution in [0.25, 0.3) is 10.9 Å². The molecule has 1 aliphatic heterocycles. The van der Waals surface area contributed by atoms with Gasteiger partial charge in [0, 0.05) is 36.1 Å². The molecule has 2 N–H and O–H groups in total. The van der Waals surface area contributed by atoms with E-state index in [-0.39, 0.29) is 30.6 Å². The molecule has 2 atom stereocenters. The first kappa shape index (κ1) is 17.3. The third-order valence-electron chi connectivity index (χ3n) is 5.30. The van der Waals surface area contributed by atoms with E-state index in [9.17, 15) is 19.1 Å². The number of para-hydroxylation sites is 1. The number of carboxylic acids is 1. The Hall–Kier alpha value is -3.15. The SMILES string of the molecule is O=C(O)[C@@H]1CN(C(=O)Cc2c[nH]c3ccccc23)C[C@H]1c1ccc(F)cc1. The summed E-state index contributed by atoms with van der Waals surface area (Å²) >= 11 is 0. The quantitative estimate of drug-likeness (QED) is 0.745. The maximum Gasteiger partial charge on any atom is 0.308 e. The number of aromatic amines is 1. The predicted octanol–water partition coefficient (Wildman–Crippen LogP) is 3.18. The van der Waals surface area contributed by atoms with Crippen molar-refractivity contribution in [1.29, 1.82) is 0 Å². The smallest absolute Gasteiger partial charge is 0.308 e. The number of aromatic nitrogens is 1. The minimum absolute atomic E-state index is 0.101. The van der Waals surface area contributed by atoms with Gasteiger partial charge in [-0.3, -0.25) is 9.59 Å². The van der Waals surface area contributed by atoms with Crippen molar-refractivity contribution in [2.75, 3.05) is 13.1 Å². The molecule has 2 heterocycles. The summed E-state index contributed by atoms with van der Waals surface area (Å²) in [6.45, 7) is 0.488. The highest BCUT2D eigenvalue weighted by Gasteiger charge is 2.40. The van der Waals surface area contributed by atoms with Gasteiger partial charge in [-0.1, -0.05) is 30.3 Å². The Kier molecular flexibility index (Phi) is 4.39. The number of hydrogen-bond acceptors (Lipinski definition) is 2. The molecule has 0 saturated carbocycles. The summed E-state index contributed by atoms with van der Waals surface area (Å²) in [7, 11) is 0. The van der Waals surface area contributed by atoms with Crippen molar-refractivity contribution in [3.8, 4) is 0 Å². The zero-order chi connectivity index (χ0) is 19.0. The van der Waals surface area contributed by atoms with Crippen LogP contribution in [0.2, 0.25) is 0 Å². The largest absolute Gasteiger partial charge is 0.481 e. The number of benzene rings is 2. The van der Waals surface area contributed by atoms with E-state index in [4.69, 9.17) is 0 Å². The van der Waals surface area contributed by atoms with Crippen molar-refractivity contribution in [3.63, 3.8) is 0 Å². The van der Waals surface area contributed by atoms with Gasteiger partial charge in [0.25, 0.3) is 0 Å². The first-order chi connectivity index (χ1) is 13.0. The van der Waals surface area contributed by atoms with Crippen molar-refractivity contribution < 1.29 is 19.1 Å². The molecule has 4 rings (SSSR count). The fraction of sp³-hybridized carbons (Fsp3) is 0.238. The van der Waals surface area contributed by atoms with E-state index in [2.05, 4.69) is 4.98 Å². The van der Waals surface area contributed by atoms with Crippen molar-refractivity contribution in [1.82, 2.24) is 9.88 Å². The molecule has 0 aliphatic carbocycles. The summed E-state index contributed by atoms with van der Waals surface area (Å²) in [5, 5.41) is 10.6. The molecular weight excluding hydrogens is 347 g/mol. The van der Waals surface area contributed by atoms with E-state index in [0.29, 0.717) is 6.54 Å². The van der Waals surface area contributed by atoms with Crippen LogP contribution in [0.15, 0.2) is 54.7 Å². The van der Waals surface area contributed by atoms with E-state index < -0.39 is 11.9 Å². The number of aliphatic carboxylic acids is 1. The molecular formula is C21H19FN2O3. The molecule has 138 valence electrons. The van der Waals surface area contributed by atoms with Crippen LogP contribution < -0.4 is 0 Å². The summed E-state index contributed by atoms with van der Waals surface area (Å²) in [4.78, 5) is 29.3. The lowest BCUT2D eigenvalue weighted by atomic mass is 9.89. The molecule has 0 spiro atoms. The number of fused-ring (bicyclic) bond motifs is 1. The number of carbonyl (C=O) groups excluding carboxylic acids is 1. The number of nitrogens with zero attached hydrogens (tertiary/aromatic N) is 1. The number of nitrogens with one attached hydrogen (secondary N) is 1. The summed E-state index contributed by atoms with van der Waals surface area (Å²) < 4.78 is 13.2. The van der Waals surface area contributed by atoms with Gasteiger partial charge in [-0.05, 0) is 29.3 Å². The van der Waals surface area contributed by atoms with Crippen LogP contribution in [0.1, 0.15) is 17.0 Å². The highest BCUT2D eigenvalue weighted by atomic mass is 19.1. The molecule has 0 unspecified atom stereocenters. The van der Waals surface area contributed by atoms with E-state index in [1.807, 2.05) is 30.5 Å². The predicted molar refractivity (Wildman–Crippen MR) is 98.8 cm³/mol. The summed E-state index contributed by atoms with van der Waals surface area (Å²) in [5.41, 5.74) is 2.60. The van der Waals surface area contributed by atoms with Crippen LogP contribution in [0.5, 0.6) is 0 Å². The Morgan fingerprint density at radius 1 is 1.11 bits per heavy atom. The number of H-pyrrole nitrogens is 1. The summed E-state index contributed by atoms with van der Waals surface area (Å²) in [6, 6.07) is 13.6.